The van der Waals surface area contributed by atoms with E-state index in [1.54, 1.807) is 12.1 Å². The molecule has 0 heterocycles. The van der Waals surface area contributed by atoms with Crippen molar-refractivity contribution < 1.29 is 9.90 Å². The van der Waals surface area contributed by atoms with Crippen LogP contribution in [-0.2, 0) is 11.2 Å². The van der Waals surface area contributed by atoms with Gasteiger partial charge in [-0.1, -0.05) is 50.0 Å². The van der Waals surface area contributed by atoms with Crippen molar-refractivity contribution in [3.8, 4) is 0 Å². The highest BCUT2D eigenvalue weighted by atomic mass is 35.5. The molecule has 21 heavy (non-hydrogen) atoms. The number of benzene rings is 1. The summed E-state index contributed by atoms with van der Waals surface area (Å²) in [5, 5.41) is 13.3. The normalized spacial score (nSPS) is 13.0. The lowest BCUT2D eigenvalue weighted by Crippen LogP contribution is -2.44. The van der Waals surface area contributed by atoms with Gasteiger partial charge in [-0.25, -0.2) is 0 Å². The molecule has 0 aromatic heterocycles. The van der Waals surface area contributed by atoms with Gasteiger partial charge >= 0.3 is 0 Å². The van der Waals surface area contributed by atoms with Crippen LogP contribution in [-0.4, -0.2) is 23.7 Å². The third-order valence-electron chi connectivity index (χ3n) is 3.43. The second kappa shape index (κ2) is 8.02. The highest BCUT2D eigenvalue weighted by molar-refractivity contribution is 6.35. The Morgan fingerprint density at radius 3 is 2.52 bits per heavy atom. The van der Waals surface area contributed by atoms with Crippen LogP contribution in [0.25, 0.3) is 0 Å². The highest BCUT2D eigenvalue weighted by Gasteiger charge is 2.25. The smallest absolute Gasteiger partial charge is 0.220 e. The summed E-state index contributed by atoms with van der Waals surface area (Å²) in [4.78, 5) is 12.1. The summed E-state index contributed by atoms with van der Waals surface area (Å²) < 4.78 is 0. The van der Waals surface area contributed by atoms with Gasteiger partial charge in [0.25, 0.3) is 0 Å². The van der Waals surface area contributed by atoms with Crippen molar-refractivity contribution in [2.75, 3.05) is 6.61 Å². The Labute approximate surface area is 136 Å². The van der Waals surface area contributed by atoms with E-state index in [0.29, 0.717) is 29.3 Å². The summed E-state index contributed by atoms with van der Waals surface area (Å²) in [7, 11) is 0. The summed E-state index contributed by atoms with van der Waals surface area (Å²) in [6.45, 7) is 6.20. The number of aliphatic hydroxyl groups is 1. The van der Waals surface area contributed by atoms with Gasteiger partial charge in [0.05, 0.1) is 0 Å². The topological polar surface area (TPSA) is 49.3 Å². The average Bonchev–Trinajstić information content (AvgIpc) is 2.36. The van der Waals surface area contributed by atoms with Gasteiger partial charge in [-0.15, -0.1) is 0 Å². The molecular formula is C16H23Cl2NO2. The molecule has 5 heteroatoms. The maximum absolute atomic E-state index is 12.1. The zero-order valence-electron chi connectivity index (χ0n) is 12.7. The number of hydrogen-bond donors (Lipinski definition) is 2. The molecule has 1 atom stereocenters. The van der Waals surface area contributed by atoms with Crippen LogP contribution in [0.15, 0.2) is 18.2 Å². The van der Waals surface area contributed by atoms with Crippen molar-refractivity contribution in [1.29, 1.82) is 0 Å². The second-order valence-electron chi connectivity index (χ2n) is 6.23. The lowest BCUT2D eigenvalue weighted by molar-refractivity contribution is -0.122. The van der Waals surface area contributed by atoms with Crippen LogP contribution in [0.1, 0.15) is 39.2 Å². The predicted octanol–water partition coefficient (Wildman–Crippen LogP) is 3.84. The van der Waals surface area contributed by atoms with E-state index in [2.05, 4.69) is 5.32 Å². The summed E-state index contributed by atoms with van der Waals surface area (Å²) in [6, 6.07) is 5.24. The van der Waals surface area contributed by atoms with Gasteiger partial charge in [0, 0.05) is 29.1 Å². The maximum atomic E-state index is 12.1. The van der Waals surface area contributed by atoms with Crippen molar-refractivity contribution >= 4 is 29.1 Å². The molecule has 1 rings (SSSR count). The lowest BCUT2D eigenvalue weighted by atomic mass is 9.85. The Balaban J connectivity index is 2.57. The highest BCUT2D eigenvalue weighted by Crippen LogP contribution is 2.23. The zero-order chi connectivity index (χ0) is 16.0. The minimum Gasteiger partial charge on any atom is -0.396 e. The lowest BCUT2D eigenvalue weighted by Gasteiger charge is -2.31. The van der Waals surface area contributed by atoms with Gasteiger partial charge in [-0.05, 0) is 36.0 Å². The van der Waals surface area contributed by atoms with E-state index in [-0.39, 0.29) is 24.0 Å². The fourth-order valence-corrected chi connectivity index (χ4v) is 2.59. The van der Waals surface area contributed by atoms with Crippen molar-refractivity contribution in [3.63, 3.8) is 0 Å². The van der Waals surface area contributed by atoms with Gasteiger partial charge in [0.15, 0.2) is 0 Å². The predicted molar refractivity (Wildman–Crippen MR) is 87.9 cm³/mol. The third-order valence-corrected chi connectivity index (χ3v) is 4.02. The maximum Gasteiger partial charge on any atom is 0.220 e. The molecule has 0 spiro atoms. The fourth-order valence-electron chi connectivity index (χ4n) is 2.09. The van der Waals surface area contributed by atoms with Crippen molar-refractivity contribution in [1.82, 2.24) is 5.32 Å². The number of aliphatic hydroxyl groups excluding tert-OH is 1. The largest absolute Gasteiger partial charge is 0.396 e. The van der Waals surface area contributed by atoms with E-state index in [9.17, 15) is 4.79 Å². The molecule has 1 aromatic rings. The molecule has 1 amide bonds. The van der Waals surface area contributed by atoms with Gasteiger partial charge in [0.2, 0.25) is 5.91 Å². The SMILES string of the molecule is CC(C)(C)C(CCO)NC(=O)CCc1ccc(Cl)cc1Cl. The van der Waals surface area contributed by atoms with E-state index in [1.165, 1.54) is 0 Å². The molecule has 0 radical (unpaired) electrons. The van der Waals surface area contributed by atoms with Crippen LogP contribution in [0, 0.1) is 5.41 Å². The van der Waals surface area contributed by atoms with Crippen molar-refractivity contribution in [2.24, 2.45) is 5.41 Å². The Hall–Kier alpha value is -0.770. The average molecular weight is 332 g/mol. The summed E-state index contributed by atoms with van der Waals surface area (Å²) in [5.74, 6) is -0.0330. The first-order chi connectivity index (χ1) is 9.74. The second-order valence-corrected chi connectivity index (χ2v) is 7.08. The third kappa shape index (κ3) is 6.25. The molecule has 2 N–H and O–H groups in total. The minimum absolute atomic E-state index is 0.0330. The Morgan fingerprint density at radius 1 is 1.33 bits per heavy atom. The monoisotopic (exact) mass is 331 g/mol. The molecular weight excluding hydrogens is 309 g/mol. The fraction of sp³-hybridized carbons (Fsp3) is 0.562. The van der Waals surface area contributed by atoms with Crippen LogP contribution in [0.2, 0.25) is 10.0 Å². The number of carbonyl (C=O) groups excluding carboxylic acids is 1. The zero-order valence-corrected chi connectivity index (χ0v) is 14.3. The molecule has 0 saturated carbocycles. The van der Waals surface area contributed by atoms with E-state index in [1.807, 2.05) is 26.8 Å². The standard InChI is InChI=1S/C16H23Cl2NO2/c1-16(2,3)14(8-9-20)19-15(21)7-5-11-4-6-12(17)10-13(11)18/h4,6,10,14,20H,5,7-9H2,1-3H3,(H,19,21). The molecule has 1 aromatic carbocycles. The van der Waals surface area contributed by atoms with Gasteiger partial charge in [0.1, 0.15) is 0 Å². The van der Waals surface area contributed by atoms with Crippen LogP contribution < -0.4 is 5.32 Å². The Bertz CT molecular complexity index is 484. The van der Waals surface area contributed by atoms with Crippen LogP contribution in [0.5, 0.6) is 0 Å². The molecule has 3 nitrogen and oxygen atoms in total. The summed E-state index contributed by atoms with van der Waals surface area (Å²) >= 11 is 11.9. The minimum atomic E-state index is -0.0870. The van der Waals surface area contributed by atoms with Gasteiger partial charge in [-0.2, -0.15) is 0 Å². The number of nitrogens with one attached hydrogen (secondary N) is 1. The van der Waals surface area contributed by atoms with Crippen LogP contribution >= 0.6 is 23.2 Å². The van der Waals surface area contributed by atoms with Crippen molar-refractivity contribution in [3.05, 3.63) is 33.8 Å². The summed E-state index contributed by atoms with van der Waals surface area (Å²) in [5.41, 5.74) is 0.821. The molecule has 118 valence electrons. The van der Waals surface area contributed by atoms with Crippen molar-refractivity contribution in [2.45, 2.75) is 46.1 Å². The molecule has 0 fully saturated rings. The number of aryl methyl sites for hydroxylation is 1. The van der Waals surface area contributed by atoms with Gasteiger partial charge < -0.3 is 10.4 Å². The van der Waals surface area contributed by atoms with E-state index in [0.717, 1.165) is 5.56 Å². The van der Waals surface area contributed by atoms with E-state index >= 15 is 0 Å². The number of halogens is 2. The summed E-state index contributed by atoms with van der Waals surface area (Å²) in [6.07, 6.45) is 1.48. The number of hydrogen-bond acceptors (Lipinski definition) is 2. The van der Waals surface area contributed by atoms with Gasteiger partial charge in [-0.3, -0.25) is 4.79 Å². The van der Waals surface area contributed by atoms with E-state index in [4.69, 9.17) is 28.3 Å². The number of rotatable bonds is 6. The van der Waals surface area contributed by atoms with Crippen LogP contribution in [0.4, 0.5) is 0 Å². The molecule has 0 aliphatic heterocycles. The molecule has 0 aliphatic rings. The quantitative estimate of drug-likeness (QED) is 0.831. The first-order valence-corrected chi connectivity index (χ1v) is 7.83. The number of carbonyl (C=O) groups is 1. The first kappa shape index (κ1) is 18.3. The Morgan fingerprint density at radius 2 is 2.00 bits per heavy atom. The first-order valence-electron chi connectivity index (χ1n) is 7.08. The molecule has 1 unspecified atom stereocenters. The van der Waals surface area contributed by atoms with Crippen LogP contribution in [0.3, 0.4) is 0 Å². The number of amides is 1. The van der Waals surface area contributed by atoms with E-state index < -0.39 is 0 Å². The molecule has 0 bridgehead atoms. The molecule has 0 saturated heterocycles. The molecule has 0 aliphatic carbocycles. The Kier molecular flexibility index (Phi) is 6.98.